The quantitative estimate of drug-likeness (QED) is 0.808. The molecule has 138 valence electrons. The number of nitrogens with zero attached hydrogens (tertiary/aromatic N) is 3. The molecule has 3 N–H and O–H groups in total. The van der Waals surface area contributed by atoms with Gasteiger partial charge in [0.15, 0.2) is 0 Å². The van der Waals surface area contributed by atoms with Gasteiger partial charge in [-0.2, -0.15) is 0 Å². The summed E-state index contributed by atoms with van der Waals surface area (Å²) >= 11 is 0. The predicted octanol–water partition coefficient (Wildman–Crippen LogP) is 2.94. The van der Waals surface area contributed by atoms with E-state index in [4.69, 9.17) is 5.73 Å². The van der Waals surface area contributed by atoms with Crippen molar-refractivity contribution in [1.82, 2.24) is 15.3 Å². The Hall–Kier alpha value is -3.02. The number of aryl methyl sites for hydroxylation is 2. The standard InChI is InChI=1S/C18H21N5O.C2H6/c1-12-10-16(23-13(2)22-12)11-21-18(24)15-6-4-14(5-7-15)17(20-3)8-9-19;1-2/h4-10H,11,19H2,1-3H3,(H,21,24);1-2H3/b9-8-,20-17?;. The van der Waals surface area contributed by atoms with E-state index in [1.165, 1.54) is 6.20 Å². The van der Waals surface area contributed by atoms with E-state index in [0.29, 0.717) is 17.9 Å². The van der Waals surface area contributed by atoms with Crippen LogP contribution in [-0.4, -0.2) is 28.6 Å². The number of hydrogen-bond donors (Lipinski definition) is 2. The third-order valence-electron chi connectivity index (χ3n) is 3.39. The Labute approximate surface area is 155 Å². The Kier molecular flexibility index (Phi) is 8.70. The lowest BCUT2D eigenvalue weighted by molar-refractivity contribution is 0.0950. The van der Waals surface area contributed by atoms with Crippen LogP contribution in [-0.2, 0) is 6.54 Å². The summed E-state index contributed by atoms with van der Waals surface area (Å²) in [5, 5.41) is 2.86. The van der Waals surface area contributed by atoms with Gasteiger partial charge in [0, 0.05) is 18.3 Å². The van der Waals surface area contributed by atoms with Crippen molar-refractivity contribution in [2.24, 2.45) is 10.7 Å². The number of benzene rings is 1. The first kappa shape index (κ1) is 21.0. The summed E-state index contributed by atoms with van der Waals surface area (Å²) in [6.07, 6.45) is 3.16. The largest absolute Gasteiger partial charge is 0.405 e. The highest BCUT2D eigenvalue weighted by atomic mass is 16.1. The number of aliphatic imine (C=N–C) groups is 1. The maximum atomic E-state index is 12.2. The Bertz CT molecular complexity index is 759. The number of carbonyl (C=O) groups is 1. The third-order valence-corrected chi connectivity index (χ3v) is 3.39. The zero-order chi connectivity index (χ0) is 19.5. The van der Waals surface area contributed by atoms with Gasteiger partial charge >= 0.3 is 0 Å². The minimum absolute atomic E-state index is 0.153. The smallest absolute Gasteiger partial charge is 0.251 e. The zero-order valence-corrected chi connectivity index (χ0v) is 16.1. The molecule has 0 saturated heterocycles. The van der Waals surface area contributed by atoms with Crippen LogP contribution in [0.4, 0.5) is 0 Å². The van der Waals surface area contributed by atoms with Crippen molar-refractivity contribution in [2.75, 3.05) is 7.05 Å². The number of allylic oxidation sites excluding steroid dienone is 1. The molecular weight excluding hydrogens is 326 g/mol. The second-order valence-corrected chi connectivity index (χ2v) is 5.28. The number of nitrogens with one attached hydrogen (secondary N) is 1. The number of nitrogens with two attached hydrogens (primary N) is 1. The van der Waals surface area contributed by atoms with Gasteiger partial charge in [0.1, 0.15) is 5.82 Å². The first-order valence-corrected chi connectivity index (χ1v) is 8.58. The molecule has 0 aliphatic carbocycles. The van der Waals surface area contributed by atoms with Crippen LogP contribution < -0.4 is 11.1 Å². The first-order chi connectivity index (χ1) is 12.5. The second kappa shape index (κ2) is 10.8. The van der Waals surface area contributed by atoms with E-state index in [2.05, 4.69) is 20.3 Å². The van der Waals surface area contributed by atoms with Crippen molar-refractivity contribution in [3.63, 3.8) is 0 Å². The van der Waals surface area contributed by atoms with E-state index < -0.39 is 0 Å². The van der Waals surface area contributed by atoms with Crippen LogP contribution in [0.15, 0.2) is 47.6 Å². The van der Waals surface area contributed by atoms with Gasteiger partial charge in [0.05, 0.1) is 18.0 Å². The molecule has 0 fully saturated rings. The number of rotatable bonds is 5. The molecule has 0 unspecified atom stereocenters. The van der Waals surface area contributed by atoms with Gasteiger partial charge in [-0.25, -0.2) is 9.97 Å². The van der Waals surface area contributed by atoms with Crippen molar-refractivity contribution < 1.29 is 4.79 Å². The molecule has 1 aromatic carbocycles. The fourth-order valence-corrected chi connectivity index (χ4v) is 2.34. The molecule has 1 heterocycles. The van der Waals surface area contributed by atoms with Crippen LogP contribution in [0.3, 0.4) is 0 Å². The summed E-state index contributed by atoms with van der Waals surface area (Å²) < 4.78 is 0. The van der Waals surface area contributed by atoms with E-state index in [1.807, 2.05) is 45.9 Å². The van der Waals surface area contributed by atoms with Crippen LogP contribution in [0.5, 0.6) is 0 Å². The van der Waals surface area contributed by atoms with Gasteiger partial charge in [-0.1, -0.05) is 26.0 Å². The normalized spacial score (nSPS) is 11.0. The van der Waals surface area contributed by atoms with E-state index in [-0.39, 0.29) is 5.91 Å². The molecule has 0 saturated carbocycles. The SMILES string of the molecule is CC.CN=C(/C=C\N)c1ccc(C(=O)NCc2cc(C)nc(C)n2)cc1. The van der Waals surface area contributed by atoms with Gasteiger partial charge < -0.3 is 11.1 Å². The molecule has 0 aliphatic heterocycles. The molecule has 6 nitrogen and oxygen atoms in total. The Balaban J connectivity index is 0.00000163. The van der Waals surface area contributed by atoms with Gasteiger partial charge in [-0.3, -0.25) is 9.79 Å². The highest BCUT2D eigenvalue weighted by Gasteiger charge is 2.07. The Morgan fingerprint density at radius 1 is 1.15 bits per heavy atom. The number of aromatic nitrogens is 2. The highest BCUT2D eigenvalue weighted by molar-refractivity contribution is 6.09. The molecule has 1 amide bonds. The van der Waals surface area contributed by atoms with Gasteiger partial charge in [0.25, 0.3) is 5.91 Å². The molecular formula is C20H27N5O. The lowest BCUT2D eigenvalue weighted by atomic mass is 10.1. The average molecular weight is 353 g/mol. The third kappa shape index (κ3) is 6.12. The summed E-state index contributed by atoms with van der Waals surface area (Å²) in [6, 6.07) is 9.07. The number of hydrogen-bond acceptors (Lipinski definition) is 5. The van der Waals surface area contributed by atoms with E-state index in [1.54, 1.807) is 25.3 Å². The van der Waals surface area contributed by atoms with E-state index in [9.17, 15) is 4.79 Å². The minimum atomic E-state index is -0.153. The summed E-state index contributed by atoms with van der Waals surface area (Å²) in [7, 11) is 1.70. The van der Waals surface area contributed by atoms with Crippen molar-refractivity contribution in [3.05, 3.63) is 70.9 Å². The van der Waals surface area contributed by atoms with Gasteiger partial charge in [-0.05, 0) is 49.9 Å². The monoisotopic (exact) mass is 353 g/mol. The maximum Gasteiger partial charge on any atom is 0.251 e. The average Bonchev–Trinajstić information content (AvgIpc) is 2.65. The maximum absolute atomic E-state index is 12.2. The topological polar surface area (TPSA) is 93.3 Å². The van der Waals surface area contributed by atoms with Crippen molar-refractivity contribution in [1.29, 1.82) is 0 Å². The molecule has 6 heteroatoms. The van der Waals surface area contributed by atoms with Crippen LogP contribution in [0.25, 0.3) is 0 Å². The molecule has 0 radical (unpaired) electrons. The van der Waals surface area contributed by atoms with Crippen LogP contribution in [0.1, 0.15) is 47.0 Å². The number of amides is 1. The molecule has 0 bridgehead atoms. The highest BCUT2D eigenvalue weighted by Crippen LogP contribution is 2.07. The van der Waals surface area contributed by atoms with Crippen LogP contribution in [0, 0.1) is 13.8 Å². The molecule has 2 aromatic rings. The summed E-state index contributed by atoms with van der Waals surface area (Å²) in [5.41, 5.74) is 9.31. The predicted molar refractivity (Wildman–Crippen MR) is 106 cm³/mol. The fraction of sp³-hybridized carbons (Fsp3) is 0.300. The minimum Gasteiger partial charge on any atom is -0.405 e. The van der Waals surface area contributed by atoms with Crippen molar-refractivity contribution in [2.45, 2.75) is 34.2 Å². The van der Waals surface area contributed by atoms with Gasteiger partial charge in [-0.15, -0.1) is 0 Å². The summed E-state index contributed by atoms with van der Waals surface area (Å²) in [4.78, 5) is 24.9. The van der Waals surface area contributed by atoms with Crippen molar-refractivity contribution >= 4 is 11.6 Å². The molecule has 0 spiro atoms. The Morgan fingerprint density at radius 3 is 2.31 bits per heavy atom. The Morgan fingerprint density at radius 2 is 1.77 bits per heavy atom. The van der Waals surface area contributed by atoms with E-state index >= 15 is 0 Å². The summed E-state index contributed by atoms with van der Waals surface area (Å²) in [5.74, 6) is 0.544. The molecule has 2 rings (SSSR count). The van der Waals surface area contributed by atoms with E-state index in [0.717, 1.165) is 22.7 Å². The van der Waals surface area contributed by atoms with Gasteiger partial charge in [0.2, 0.25) is 0 Å². The van der Waals surface area contributed by atoms with Crippen molar-refractivity contribution in [3.8, 4) is 0 Å². The molecule has 26 heavy (non-hydrogen) atoms. The fourth-order valence-electron chi connectivity index (χ4n) is 2.34. The zero-order valence-electron chi connectivity index (χ0n) is 16.1. The number of carbonyl (C=O) groups excluding carboxylic acids is 1. The second-order valence-electron chi connectivity index (χ2n) is 5.28. The molecule has 1 aromatic heterocycles. The lowest BCUT2D eigenvalue weighted by Crippen LogP contribution is -2.23. The van der Waals surface area contributed by atoms with Crippen LogP contribution in [0.2, 0.25) is 0 Å². The lowest BCUT2D eigenvalue weighted by Gasteiger charge is -2.07. The summed E-state index contributed by atoms with van der Waals surface area (Å²) in [6.45, 7) is 8.10. The molecule has 0 atom stereocenters. The molecule has 0 aliphatic rings. The first-order valence-electron chi connectivity index (χ1n) is 8.58. The van der Waals surface area contributed by atoms with Crippen LogP contribution >= 0.6 is 0 Å².